The molecule has 0 aliphatic heterocycles. The molecular formula is C18H16BrNO5. The lowest BCUT2D eigenvalue weighted by Crippen LogP contribution is -2.34. The van der Waals surface area contributed by atoms with E-state index in [0.29, 0.717) is 15.8 Å². The van der Waals surface area contributed by atoms with Crippen molar-refractivity contribution in [3.8, 4) is 5.75 Å². The maximum atomic E-state index is 11.8. The number of carbonyl (C=O) groups is 3. The first kappa shape index (κ1) is 18.7. The molecule has 0 aliphatic carbocycles. The number of esters is 1. The van der Waals surface area contributed by atoms with Gasteiger partial charge >= 0.3 is 5.97 Å². The second-order valence-electron chi connectivity index (χ2n) is 5.13. The Kier molecular flexibility index (Phi) is 6.71. The van der Waals surface area contributed by atoms with Crippen molar-refractivity contribution in [3.05, 3.63) is 64.1 Å². The smallest absolute Gasteiger partial charge is 0.344 e. The van der Waals surface area contributed by atoms with Crippen LogP contribution in [-0.4, -0.2) is 31.0 Å². The number of rotatable bonds is 6. The summed E-state index contributed by atoms with van der Waals surface area (Å²) in [6.45, 7) is 1.02. The van der Waals surface area contributed by atoms with Crippen LogP contribution in [0.5, 0.6) is 5.75 Å². The molecule has 2 aromatic rings. The lowest BCUT2D eigenvalue weighted by molar-refractivity contribution is -0.150. The standard InChI is InChI=1S/C18H16BrNO5/c1-12-7-8-15(14(19)9-12)24-11-17(22)25-10-16(21)20-18(23)13-5-3-2-4-6-13/h2-9H,10-11H2,1H3,(H,20,21,23). The van der Waals surface area contributed by atoms with Gasteiger partial charge in [0, 0.05) is 5.56 Å². The monoisotopic (exact) mass is 405 g/mol. The summed E-state index contributed by atoms with van der Waals surface area (Å²) in [5, 5.41) is 2.14. The van der Waals surface area contributed by atoms with Gasteiger partial charge in [-0.25, -0.2) is 4.79 Å². The van der Waals surface area contributed by atoms with Crippen molar-refractivity contribution >= 4 is 33.7 Å². The summed E-state index contributed by atoms with van der Waals surface area (Å²) < 4.78 is 10.8. The second kappa shape index (κ2) is 8.98. The average Bonchev–Trinajstić information content (AvgIpc) is 2.60. The minimum atomic E-state index is -0.713. The molecule has 0 saturated carbocycles. The number of benzene rings is 2. The fraction of sp³-hybridized carbons (Fsp3) is 0.167. The van der Waals surface area contributed by atoms with Crippen LogP contribution < -0.4 is 10.1 Å². The summed E-state index contributed by atoms with van der Waals surface area (Å²) in [5.41, 5.74) is 1.39. The van der Waals surface area contributed by atoms with Crippen LogP contribution in [0.2, 0.25) is 0 Å². The van der Waals surface area contributed by atoms with Gasteiger partial charge in [-0.15, -0.1) is 0 Å². The number of nitrogens with one attached hydrogen (secondary N) is 1. The highest BCUT2D eigenvalue weighted by Crippen LogP contribution is 2.25. The molecule has 7 heteroatoms. The molecule has 130 valence electrons. The van der Waals surface area contributed by atoms with Gasteiger partial charge in [0.2, 0.25) is 0 Å². The van der Waals surface area contributed by atoms with E-state index in [1.165, 1.54) is 0 Å². The van der Waals surface area contributed by atoms with E-state index < -0.39 is 24.4 Å². The second-order valence-corrected chi connectivity index (χ2v) is 5.98. The largest absolute Gasteiger partial charge is 0.481 e. The molecule has 0 bridgehead atoms. The van der Waals surface area contributed by atoms with Crippen molar-refractivity contribution in [1.29, 1.82) is 0 Å². The number of carbonyl (C=O) groups excluding carboxylic acids is 3. The predicted octanol–water partition coefficient (Wildman–Crippen LogP) is 2.64. The summed E-state index contributed by atoms with van der Waals surface area (Å²) in [6, 6.07) is 13.7. The normalized spacial score (nSPS) is 10.0. The molecule has 6 nitrogen and oxygen atoms in total. The predicted molar refractivity (Wildman–Crippen MR) is 94.2 cm³/mol. The van der Waals surface area contributed by atoms with Crippen LogP contribution in [0.3, 0.4) is 0 Å². The molecule has 2 rings (SSSR count). The van der Waals surface area contributed by atoms with Gasteiger partial charge in [0.15, 0.2) is 13.2 Å². The van der Waals surface area contributed by atoms with E-state index in [4.69, 9.17) is 9.47 Å². The quantitative estimate of drug-likeness (QED) is 0.746. The maximum Gasteiger partial charge on any atom is 0.344 e. The molecule has 0 fully saturated rings. The van der Waals surface area contributed by atoms with Crippen molar-refractivity contribution in [2.45, 2.75) is 6.92 Å². The zero-order valence-corrected chi connectivity index (χ0v) is 15.0. The van der Waals surface area contributed by atoms with E-state index in [1.54, 1.807) is 36.4 Å². The fourth-order valence-electron chi connectivity index (χ4n) is 1.87. The Morgan fingerprint density at radius 1 is 1.04 bits per heavy atom. The minimum absolute atomic E-state index is 0.342. The molecule has 0 radical (unpaired) electrons. The molecule has 0 spiro atoms. The Morgan fingerprint density at radius 2 is 1.76 bits per heavy atom. The lowest BCUT2D eigenvalue weighted by atomic mass is 10.2. The van der Waals surface area contributed by atoms with Crippen LogP contribution >= 0.6 is 15.9 Å². The third-order valence-electron chi connectivity index (χ3n) is 3.09. The van der Waals surface area contributed by atoms with Crippen molar-refractivity contribution in [2.75, 3.05) is 13.2 Å². The van der Waals surface area contributed by atoms with Gasteiger partial charge in [0.05, 0.1) is 4.47 Å². The molecule has 0 aromatic heterocycles. The summed E-state index contributed by atoms with van der Waals surface area (Å²) in [7, 11) is 0. The Balaban J connectivity index is 1.74. The van der Waals surface area contributed by atoms with Crippen molar-refractivity contribution in [2.24, 2.45) is 0 Å². The first-order chi connectivity index (χ1) is 12.0. The molecule has 2 aromatic carbocycles. The van der Waals surface area contributed by atoms with Gasteiger partial charge in [0.1, 0.15) is 5.75 Å². The van der Waals surface area contributed by atoms with Crippen LogP contribution in [0.4, 0.5) is 0 Å². The molecule has 1 N–H and O–H groups in total. The molecule has 0 saturated heterocycles. The zero-order valence-electron chi connectivity index (χ0n) is 13.5. The summed E-state index contributed by atoms with van der Waals surface area (Å²) in [6.07, 6.45) is 0. The molecule has 0 unspecified atom stereocenters. The number of ether oxygens (including phenoxy) is 2. The van der Waals surface area contributed by atoms with E-state index in [9.17, 15) is 14.4 Å². The molecular weight excluding hydrogens is 390 g/mol. The van der Waals surface area contributed by atoms with E-state index in [-0.39, 0.29) is 6.61 Å². The zero-order chi connectivity index (χ0) is 18.2. The van der Waals surface area contributed by atoms with E-state index >= 15 is 0 Å². The molecule has 25 heavy (non-hydrogen) atoms. The SMILES string of the molecule is Cc1ccc(OCC(=O)OCC(=O)NC(=O)c2ccccc2)c(Br)c1. The van der Waals surface area contributed by atoms with Gasteiger partial charge < -0.3 is 9.47 Å². The van der Waals surface area contributed by atoms with Crippen LogP contribution in [0.15, 0.2) is 53.0 Å². The topological polar surface area (TPSA) is 81.7 Å². The van der Waals surface area contributed by atoms with Crippen LogP contribution in [0.25, 0.3) is 0 Å². The van der Waals surface area contributed by atoms with Crippen molar-refractivity contribution in [3.63, 3.8) is 0 Å². The highest BCUT2D eigenvalue weighted by Gasteiger charge is 2.13. The van der Waals surface area contributed by atoms with Crippen molar-refractivity contribution in [1.82, 2.24) is 5.32 Å². The van der Waals surface area contributed by atoms with E-state index in [2.05, 4.69) is 21.2 Å². The first-order valence-electron chi connectivity index (χ1n) is 7.39. The summed E-state index contributed by atoms with van der Waals surface area (Å²) in [5.74, 6) is -1.48. The third-order valence-corrected chi connectivity index (χ3v) is 3.71. The number of imide groups is 1. The molecule has 0 heterocycles. The van der Waals surface area contributed by atoms with Gasteiger partial charge in [0.25, 0.3) is 11.8 Å². The molecule has 2 amide bonds. The summed E-state index contributed by atoms with van der Waals surface area (Å²) in [4.78, 5) is 35.0. The van der Waals surface area contributed by atoms with Gasteiger partial charge in [-0.3, -0.25) is 14.9 Å². The first-order valence-corrected chi connectivity index (χ1v) is 8.19. The Hall–Kier alpha value is -2.67. The highest BCUT2D eigenvalue weighted by molar-refractivity contribution is 9.10. The molecule has 0 atom stereocenters. The van der Waals surface area contributed by atoms with Gasteiger partial charge in [-0.05, 0) is 52.7 Å². The summed E-state index contributed by atoms with van der Waals surface area (Å²) >= 11 is 3.33. The van der Waals surface area contributed by atoms with Crippen LogP contribution in [-0.2, 0) is 14.3 Å². The Morgan fingerprint density at radius 3 is 2.44 bits per heavy atom. The average molecular weight is 406 g/mol. The number of halogens is 1. The molecule has 0 aliphatic rings. The van der Waals surface area contributed by atoms with E-state index in [0.717, 1.165) is 5.56 Å². The Bertz CT molecular complexity index is 776. The van der Waals surface area contributed by atoms with Crippen LogP contribution in [0.1, 0.15) is 15.9 Å². The van der Waals surface area contributed by atoms with Crippen LogP contribution in [0, 0.1) is 6.92 Å². The maximum absolute atomic E-state index is 11.8. The number of hydrogen-bond acceptors (Lipinski definition) is 5. The third kappa shape index (κ3) is 6.04. The van der Waals surface area contributed by atoms with Crippen molar-refractivity contribution < 1.29 is 23.9 Å². The van der Waals surface area contributed by atoms with Gasteiger partial charge in [-0.2, -0.15) is 0 Å². The number of aryl methyl sites for hydroxylation is 1. The number of amides is 2. The number of hydrogen-bond donors (Lipinski definition) is 1. The highest BCUT2D eigenvalue weighted by atomic mass is 79.9. The minimum Gasteiger partial charge on any atom is -0.481 e. The lowest BCUT2D eigenvalue weighted by Gasteiger charge is -2.09. The van der Waals surface area contributed by atoms with E-state index in [1.807, 2.05) is 19.1 Å². The fourth-order valence-corrected chi connectivity index (χ4v) is 2.48. The Labute approximate surface area is 153 Å². The van der Waals surface area contributed by atoms with Gasteiger partial charge in [-0.1, -0.05) is 24.3 Å².